The van der Waals surface area contributed by atoms with E-state index in [0.29, 0.717) is 15.6 Å². The van der Waals surface area contributed by atoms with Crippen molar-refractivity contribution in [1.29, 1.82) is 0 Å². The monoisotopic (exact) mass is 376 g/mol. The van der Waals surface area contributed by atoms with Gasteiger partial charge in [-0.2, -0.15) is 0 Å². The Kier molecular flexibility index (Phi) is 5.21. The van der Waals surface area contributed by atoms with Gasteiger partial charge in [-0.15, -0.1) is 0 Å². The Bertz CT molecular complexity index is 741. The number of hydrogen-bond acceptors (Lipinski definition) is 3. The summed E-state index contributed by atoms with van der Waals surface area (Å²) in [4.78, 5) is 21.8. The summed E-state index contributed by atoms with van der Waals surface area (Å²) >= 11 is 3.12. The third-order valence-corrected chi connectivity index (χ3v) is 4.51. The van der Waals surface area contributed by atoms with Gasteiger partial charge in [0.15, 0.2) is 0 Å². The lowest BCUT2D eigenvalue weighted by Gasteiger charge is -2.21. The van der Waals surface area contributed by atoms with Crippen molar-refractivity contribution in [3.8, 4) is 0 Å². The molecule has 1 aliphatic heterocycles. The van der Waals surface area contributed by atoms with Crippen LogP contribution in [-0.4, -0.2) is 17.0 Å². The minimum Gasteiger partial charge on any atom is -0.478 e. The van der Waals surface area contributed by atoms with Crippen molar-refractivity contribution >= 4 is 27.9 Å². The molecule has 2 aromatic rings. The molecule has 0 amide bonds. The molecule has 0 aliphatic carbocycles. The van der Waals surface area contributed by atoms with Crippen LogP contribution in [-0.2, 0) is 10.3 Å². The summed E-state index contributed by atoms with van der Waals surface area (Å²) in [5.41, 5.74) is 1.62. The standard InChI is InChI=1S/C11H12O2.C7H5BrO2/c1-3-11(2)9-7-5-4-6-8(9)10(12)13-11;8-6-4-2-1-3-5(6)7(9)10/h4-7H,3H2,1-2H3;1-4H,(H,9,10). The number of ether oxygens (including phenoxy) is 1. The molecule has 0 spiro atoms. The van der Waals surface area contributed by atoms with Gasteiger partial charge < -0.3 is 9.84 Å². The Morgan fingerprint density at radius 3 is 2.35 bits per heavy atom. The highest BCUT2D eigenvalue weighted by molar-refractivity contribution is 9.10. The molecule has 1 atom stereocenters. The second-order valence-corrected chi connectivity index (χ2v) is 6.16. The van der Waals surface area contributed by atoms with E-state index in [0.717, 1.165) is 12.0 Å². The molecule has 120 valence electrons. The van der Waals surface area contributed by atoms with Crippen molar-refractivity contribution < 1.29 is 19.4 Å². The summed E-state index contributed by atoms with van der Waals surface area (Å²) in [6.07, 6.45) is 0.815. The van der Waals surface area contributed by atoms with Gasteiger partial charge in [-0.25, -0.2) is 9.59 Å². The number of aromatic carboxylic acids is 1. The van der Waals surface area contributed by atoms with E-state index < -0.39 is 11.6 Å². The van der Waals surface area contributed by atoms with E-state index in [-0.39, 0.29) is 5.97 Å². The zero-order chi connectivity index (χ0) is 17.0. The molecule has 1 N–H and O–H groups in total. The highest BCUT2D eigenvalue weighted by atomic mass is 79.9. The second kappa shape index (κ2) is 6.96. The van der Waals surface area contributed by atoms with Crippen LogP contribution in [0.25, 0.3) is 0 Å². The van der Waals surface area contributed by atoms with Crippen LogP contribution in [0.5, 0.6) is 0 Å². The average molecular weight is 377 g/mol. The van der Waals surface area contributed by atoms with Crippen LogP contribution in [0, 0.1) is 0 Å². The van der Waals surface area contributed by atoms with Gasteiger partial charge in [-0.1, -0.05) is 37.3 Å². The minimum atomic E-state index is -0.910. The van der Waals surface area contributed by atoms with Crippen LogP contribution in [0.2, 0.25) is 0 Å². The summed E-state index contributed by atoms with van der Waals surface area (Å²) in [6, 6.07) is 14.3. The molecular weight excluding hydrogens is 360 g/mol. The Hall–Kier alpha value is -2.14. The van der Waals surface area contributed by atoms with Gasteiger partial charge in [-0.3, -0.25) is 0 Å². The Labute approximate surface area is 143 Å². The summed E-state index contributed by atoms with van der Waals surface area (Å²) in [5.74, 6) is -1.10. The number of carbonyl (C=O) groups is 2. The number of carboxylic acids is 1. The van der Waals surface area contributed by atoms with Gasteiger partial charge in [0, 0.05) is 10.0 Å². The van der Waals surface area contributed by atoms with E-state index in [1.54, 1.807) is 24.3 Å². The average Bonchev–Trinajstić information content (AvgIpc) is 2.81. The molecule has 0 saturated heterocycles. The first-order valence-electron chi connectivity index (χ1n) is 7.19. The van der Waals surface area contributed by atoms with E-state index in [1.807, 2.05) is 38.1 Å². The number of benzene rings is 2. The van der Waals surface area contributed by atoms with Gasteiger partial charge in [0.2, 0.25) is 0 Å². The molecule has 0 bridgehead atoms. The molecule has 0 fully saturated rings. The number of cyclic esters (lactones) is 1. The van der Waals surface area contributed by atoms with E-state index >= 15 is 0 Å². The number of halogens is 1. The molecule has 23 heavy (non-hydrogen) atoms. The van der Waals surface area contributed by atoms with Crippen molar-refractivity contribution in [3.05, 3.63) is 69.7 Å². The van der Waals surface area contributed by atoms with Gasteiger partial charge in [-0.05, 0) is 47.5 Å². The lowest BCUT2D eigenvalue weighted by molar-refractivity contribution is -0.000786. The maximum absolute atomic E-state index is 11.4. The number of esters is 1. The fourth-order valence-corrected chi connectivity index (χ4v) is 2.79. The van der Waals surface area contributed by atoms with Gasteiger partial charge in [0.05, 0.1) is 11.1 Å². The maximum atomic E-state index is 11.4. The van der Waals surface area contributed by atoms with Crippen molar-refractivity contribution in [1.82, 2.24) is 0 Å². The lowest BCUT2D eigenvalue weighted by atomic mass is 9.92. The smallest absolute Gasteiger partial charge is 0.339 e. The first-order chi connectivity index (χ1) is 10.9. The summed E-state index contributed by atoms with van der Waals surface area (Å²) in [7, 11) is 0. The molecule has 1 heterocycles. The highest BCUT2D eigenvalue weighted by Gasteiger charge is 2.39. The van der Waals surface area contributed by atoms with Crippen molar-refractivity contribution in [2.24, 2.45) is 0 Å². The Morgan fingerprint density at radius 2 is 1.78 bits per heavy atom. The number of hydrogen-bond donors (Lipinski definition) is 1. The SMILES string of the molecule is CCC1(C)OC(=O)c2ccccc21.O=C(O)c1ccccc1Br. The predicted molar refractivity (Wildman–Crippen MR) is 90.6 cm³/mol. The largest absolute Gasteiger partial charge is 0.478 e. The van der Waals surface area contributed by atoms with Crippen LogP contribution in [0.15, 0.2) is 53.0 Å². The van der Waals surface area contributed by atoms with Crippen molar-refractivity contribution in [2.45, 2.75) is 25.9 Å². The summed E-state index contributed by atoms with van der Waals surface area (Å²) in [6.45, 7) is 3.98. The molecule has 0 saturated carbocycles. The van der Waals surface area contributed by atoms with E-state index in [9.17, 15) is 9.59 Å². The number of carbonyl (C=O) groups excluding carboxylic acids is 1. The third kappa shape index (κ3) is 3.62. The Morgan fingerprint density at radius 1 is 1.17 bits per heavy atom. The number of carboxylic acid groups (broad SMARTS) is 1. The predicted octanol–water partition coefficient (Wildman–Crippen LogP) is 4.63. The van der Waals surface area contributed by atoms with Crippen molar-refractivity contribution in [2.75, 3.05) is 0 Å². The van der Waals surface area contributed by atoms with Gasteiger partial charge in [0.1, 0.15) is 5.60 Å². The first kappa shape index (κ1) is 17.2. The molecule has 1 unspecified atom stereocenters. The zero-order valence-electron chi connectivity index (χ0n) is 12.9. The Balaban J connectivity index is 0.000000174. The van der Waals surface area contributed by atoms with E-state index in [2.05, 4.69) is 15.9 Å². The van der Waals surface area contributed by atoms with Crippen molar-refractivity contribution in [3.63, 3.8) is 0 Å². The molecule has 2 aromatic carbocycles. The van der Waals surface area contributed by atoms with Gasteiger partial charge >= 0.3 is 11.9 Å². The van der Waals surface area contributed by atoms with Gasteiger partial charge in [0.25, 0.3) is 0 Å². The van der Waals surface area contributed by atoms with Crippen LogP contribution >= 0.6 is 15.9 Å². The third-order valence-electron chi connectivity index (χ3n) is 3.81. The van der Waals surface area contributed by atoms with Crippen LogP contribution in [0.1, 0.15) is 46.5 Å². The maximum Gasteiger partial charge on any atom is 0.339 e. The normalized spacial score (nSPS) is 18.5. The second-order valence-electron chi connectivity index (χ2n) is 5.30. The minimum absolute atomic E-state index is 0.194. The zero-order valence-corrected chi connectivity index (χ0v) is 14.5. The first-order valence-corrected chi connectivity index (χ1v) is 7.99. The van der Waals surface area contributed by atoms with E-state index in [4.69, 9.17) is 9.84 Å². The fraction of sp³-hybridized carbons (Fsp3) is 0.222. The molecule has 0 aromatic heterocycles. The molecule has 4 nitrogen and oxygen atoms in total. The molecular formula is C18H17BrO4. The molecule has 3 rings (SSSR count). The topological polar surface area (TPSA) is 63.6 Å². The highest BCUT2D eigenvalue weighted by Crippen LogP contribution is 2.38. The fourth-order valence-electron chi connectivity index (χ4n) is 2.33. The quantitative estimate of drug-likeness (QED) is 0.776. The van der Waals surface area contributed by atoms with Crippen LogP contribution < -0.4 is 0 Å². The van der Waals surface area contributed by atoms with Crippen LogP contribution in [0.4, 0.5) is 0 Å². The molecule has 1 aliphatic rings. The number of fused-ring (bicyclic) bond motifs is 1. The summed E-state index contributed by atoms with van der Waals surface area (Å²) < 4.78 is 5.94. The molecule has 5 heteroatoms. The van der Waals surface area contributed by atoms with Crippen LogP contribution in [0.3, 0.4) is 0 Å². The molecule has 0 radical (unpaired) electrons. The number of rotatable bonds is 2. The summed E-state index contributed by atoms with van der Waals surface area (Å²) in [5, 5.41) is 8.54. The lowest BCUT2D eigenvalue weighted by Crippen LogP contribution is -2.20. The van der Waals surface area contributed by atoms with E-state index in [1.165, 1.54) is 0 Å².